The minimum Gasteiger partial charge on any atom is -0.467 e. The van der Waals surface area contributed by atoms with Crippen LogP contribution >= 0.6 is 22.6 Å². The van der Waals surface area contributed by atoms with Crippen molar-refractivity contribution in [2.24, 2.45) is 0 Å². The van der Waals surface area contributed by atoms with Crippen LogP contribution in [0.1, 0.15) is 24.8 Å². The average Bonchev–Trinajstić information content (AvgIpc) is 2.52. The van der Waals surface area contributed by atoms with Crippen LogP contribution in [0.15, 0.2) is 30.3 Å². The molecule has 0 unspecified atom stereocenters. The Balaban J connectivity index is 2.41. The van der Waals surface area contributed by atoms with Gasteiger partial charge in [-0.2, -0.15) is 0 Å². The second-order valence-electron chi connectivity index (χ2n) is 4.47. The lowest BCUT2D eigenvalue weighted by Gasteiger charge is -2.16. The SMILES string of the molecule is COC(=O)[C@H](CCCCI)NC(=O)OCc1ccccc1. The molecule has 5 nitrogen and oxygen atoms in total. The van der Waals surface area contributed by atoms with Crippen molar-refractivity contribution >= 4 is 34.7 Å². The Labute approximate surface area is 138 Å². The summed E-state index contributed by atoms with van der Waals surface area (Å²) in [5.74, 6) is -0.444. The van der Waals surface area contributed by atoms with E-state index in [4.69, 9.17) is 9.47 Å². The Kier molecular flexibility index (Phi) is 8.80. The minimum atomic E-state index is -0.652. The summed E-state index contributed by atoms with van der Waals surface area (Å²) < 4.78 is 10.8. The van der Waals surface area contributed by atoms with E-state index in [9.17, 15) is 9.59 Å². The van der Waals surface area contributed by atoms with Crippen molar-refractivity contribution in [3.05, 3.63) is 35.9 Å². The van der Waals surface area contributed by atoms with E-state index in [0.717, 1.165) is 22.8 Å². The lowest BCUT2D eigenvalue weighted by molar-refractivity contribution is -0.143. The van der Waals surface area contributed by atoms with Crippen molar-refractivity contribution in [2.45, 2.75) is 31.9 Å². The number of hydrogen-bond acceptors (Lipinski definition) is 4. The highest BCUT2D eigenvalue weighted by atomic mass is 127. The summed E-state index contributed by atoms with van der Waals surface area (Å²) in [6, 6.07) is 8.72. The molecule has 0 heterocycles. The second-order valence-corrected chi connectivity index (χ2v) is 5.55. The molecular weight excluding hydrogens is 385 g/mol. The third-order valence-corrected chi connectivity index (χ3v) is 3.63. The number of rotatable bonds is 8. The maximum Gasteiger partial charge on any atom is 0.408 e. The number of nitrogens with one attached hydrogen (secondary N) is 1. The van der Waals surface area contributed by atoms with Crippen LogP contribution in [0.2, 0.25) is 0 Å². The molecule has 0 radical (unpaired) electrons. The van der Waals surface area contributed by atoms with Gasteiger partial charge in [-0.05, 0) is 22.8 Å². The van der Waals surface area contributed by atoms with Crippen LogP contribution in [0, 0.1) is 0 Å². The van der Waals surface area contributed by atoms with Crippen LogP contribution in [0.3, 0.4) is 0 Å². The number of halogens is 1. The van der Waals surface area contributed by atoms with Crippen LogP contribution < -0.4 is 5.32 Å². The number of hydrogen-bond donors (Lipinski definition) is 1. The van der Waals surface area contributed by atoms with Gasteiger partial charge in [-0.25, -0.2) is 9.59 Å². The number of unbranched alkanes of at least 4 members (excludes halogenated alkanes) is 1. The molecular formula is C15H20INO4. The third-order valence-electron chi connectivity index (χ3n) is 2.87. The van der Waals surface area contributed by atoms with Gasteiger partial charge in [-0.1, -0.05) is 59.3 Å². The molecule has 0 saturated heterocycles. The molecule has 1 atom stereocenters. The lowest BCUT2D eigenvalue weighted by atomic mass is 10.1. The highest BCUT2D eigenvalue weighted by molar-refractivity contribution is 14.1. The van der Waals surface area contributed by atoms with E-state index in [2.05, 4.69) is 27.9 Å². The molecule has 1 rings (SSSR count). The molecule has 1 N–H and O–H groups in total. The maximum atomic E-state index is 11.7. The predicted molar refractivity (Wildman–Crippen MR) is 88.3 cm³/mol. The summed E-state index contributed by atoms with van der Waals surface area (Å²) in [6.45, 7) is 0.175. The Bertz CT molecular complexity index is 439. The zero-order valence-corrected chi connectivity index (χ0v) is 14.2. The number of ether oxygens (including phenoxy) is 2. The Hall–Kier alpha value is -1.31. The zero-order valence-electron chi connectivity index (χ0n) is 12.0. The number of alkyl halides is 1. The smallest absolute Gasteiger partial charge is 0.408 e. The summed E-state index contributed by atoms with van der Waals surface area (Å²) in [4.78, 5) is 23.4. The number of carbonyl (C=O) groups is 2. The first-order chi connectivity index (χ1) is 10.2. The molecule has 0 bridgehead atoms. The highest BCUT2D eigenvalue weighted by Crippen LogP contribution is 2.06. The number of benzene rings is 1. The summed E-state index contributed by atoms with van der Waals surface area (Å²) in [7, 11) is 1.31. The highest BCUT2D eigenvalue weighted by Gasteiger charge is 2.21. The van der Waals surface area contributed by atoms with Gasteiger partial charge in [0, 0.05) is 0 Å². The van der Waals surface area contributed by atoms with E-state index in [1.165, 1.54) is 7.11 Å². The van der Waals surface area contributed by atoms with Crippen molar-refractivity contribution in [1.29, 1.82) is 0 Å². The monoisotopic (exact) mass is 405 g/mol. The van der Waals surface area contributed by atoms with Crippen molar-refractivity contribution in [2.75, 3.05) is 11.5 Å². The summed E-state index contributed by atoms with van der Waals surface area (Å²) >= 11 is 2.28. The van der Waals surface area contributed by atoms with Gasteiger partial charge in [0.05, 0.1) is 7.11 Å². The van der Waals surface area contributed by atoms with E-state index in [-0.39, 0.29) is 6.61 Å². The van der Waals surface area contributed by atoms with Crippen LogP contribution in [-0.2, 0) is 20.9 Å². The van der Waals surface area contributed by atoms with Crippen LogP contribution in [-0.4, -0.2) is 29.6 Å². The van der Waals surface area contributed by atoms with Gasteiger partial charge < -0.3 is 14.8 Å². The van der Waals surface area contributed by atoms with E-state index in [1.807, 2.05) is 30.3 Å². The average molecular weight is 405 g/mol. The van der Waals surface area contributed by atoms with Crippen molar-refractivity contribution in [3.8, 4) is 0 Å². The van der Waals surface area contributed by atoms with Crippen molar-refractivity contribution in [1.82, 2.24) is 5.32 Å². The molecule has 0 aliphatic carbocycles. The van der Waals surface area contributed by atoms with Crippen LogP contribution in [0.5, 0.6) is 0 Å². The molecule has 0 fully saturated rings. The van der Waals surface area contributed by atoms with Crippen molar-refractivity contribution in [3.63, 3.8) is 0 Å². The van der Waals surface area contributed by atoms with Gasteiger partial charge in [0.2, 0.25) is 0 Å². The molecule has 116 valence electrons. The van der Waals surface area contributed by atoms with Gasteiger partial charge in [0.25, 0.3) is 0 Å². The van der Waals surface area contributed by atoms with Gasteiger partial charge in [0.15, 0.2) is 0 Å². The summed E-state index contributed by atoms with van der Waals surface area (Å²) in [5, 5.41) is 2.56. The first-order valence-corrected chi connectivity index (χ1v) is 8.31. The fraction of sp³-hybridized carbons (Fsp3) is 0.467. The second kappa shape index (κ2) is 10.4. The normalized spacial score (nSPS) is 11.5. The van der Waals surface area contributed by atoms with E-state index < -0.39 is 18.1 Å². The molecule has 1 amide bonds. The standard InChI is InChI=1S/C15H20INO4/c1-20-14(18)13(9-5-6-10-16)17-15(19)21-11-12-7-3-2-4-8-12/h2-4,7-8,13H,5-6,9-11H2,1H3,(H,17,19)/t13-/m0/s1. The Morgan fingerprint density at radius 3 is 2.57 bits per heavy atom. The molecule has 0 spiro atoms. The molecule has 0 aliphatic rings. The topological polar surface area (TPSA) is 64.6 Å². The number of esters is 1. The van der Waals surface area contributed by atoms with Crippen LogP contribution in [0.25, 0.3) is 0 Å². The molecule has 0 aliphatic heterocycles. The lowest BCUT2D eigenvalue weighted by Crippen LogP contribution is -2.41. The Morgan fingerprint density at radius 2 is 1.95 bits per heavy atom. The summed E-state index contributed by atoms with van der Waals surface area (Å²) in [6.07, 6.45) is 1.79. The first-order valence-electron chi connectivity index (χ1n) is 6.78. The molecule has 1 aromatic rings. The number of alkyl carbamates (subject to hydrolysis) is 1. The van der Waals surface area contributed by atoms with Gasteiger partial charge in [-0.3, -0.25) is 0 Å². The van der Waals surface area contributed by atoms with Gasteiger partial charge in [-0.15, -0.1) is 0 Å². The number of amides is 1. The van der Waals surface area contributed by atoms with Crippen molar-refractivity contribution < 1.29 is 19.1 Å². The molecule has 0 aromatic heterocycles. The van der Waals surface area contributed by atoms with E-state index >= 15 is 0 Å². The third kappa shape index (κ3) is 7.31. The van der Waals surface area contributed by atoms with Gasteiger partial charge in [0.1, 0.15) is 12.6 Å². The zero-order chi connectivity index (χ0) is 15.5. The fourth-order valence-corrected chi connectivity index (χ4v) is 2.28. The molecule has 0 saturated carbocycles. The van der Waals surface area contributed by atoms with Crippen LogP contribution in [0.4, 0.5) is 4.79 Å². The first kappa shape index (κ1) is 17.7. The molecule has 6 heteroatoms. The molecule has 1 aromatic carbocycles. The molecule has 21 heavy (non-hydrogen) atoms. The quantitative estimate of drug-likeness (QED) is 0.313. The van der Waals surface area contributed by atoms with E-state index in [0.29, 0.717) is 6.42 Å². The van der Waals surface area contributed by atoms with E-state index in [1.54, 1.807) is 0 Å². The summed E-state index contributed by atoms with van der Waals surface area (Å²) in [5.41, 5.74) is 0.896. The number of carbonyl (C=O) groups excluding carboxylic acids is 2. The Morgan fingerprint density at radius 1 is 1.24 bits per heavy atom. The maximum absolute atomic E-state index is 11.7. The largest absolute Gasteiger partial charge is 0.467 e. The number of methoxy groups -OCH3 is 1. The fourth-order valence-electron chi connectivity index (χ4n) is 1.74. The van der Waals surface area contributed by atoms with Gasteiger partial charge >= 0.3 is 12.1 Å². The predicted octanol–water partition coefficient (Wildman–Crippen LogP) is 3.06. The minimum absolute atomic E-state index is 0.175.